The Bertz CT molecular complexity index is 1080. The van der Waals surface area contributed by atoms with Crippen molar-refractivity contribution in [2.45, 2.75) is 39.5 Å². The number of fused-ring (bicyclic) bond motifs is 5. The Morgan fingerprint density at radius 3 is 2.96 bits per heavy atom. The Labute approximate surface area is 149 Å². The number of aryl methyl sites for hydroxylation is 3. The molecule has 1 atom stereocenters. The Balaban J connectivity index is 1.71. The Morgan fingerprint density at radius 1 is 1.32 bits per heavy atom. The average Bonchev–Trinajstić information content (AvgIpc) is 3.28. The highest BCUT2D eigenvalue weighted by atomic mass is 32.1. The van der Waals surface area contributed by atoms with Crippen LogP contribution in [0.5, 0.6) is 0 Å². The van der Waals surface area contributed by atoms with Gasteiger partial charge in [0.2, 0.25) is 5.82 Å². The molecule has 0 aromatic carbocycles. The van der Waals surface area contributed by atoms with E-state index >= 15 is 0 Å². The van der Waals surface area contributed by atoms with E-state index in [0.29, 0.717) is 5.82 Å². The summed E-state index contributed by atoms with van der Waals surface area (Å²) in [5.74, 6) is 1.47. The van der Waals surface area contributed by atoms with Gasteiger partial charge in [-0.05, 0) is 43.7 Å². The van der Waals surface area contributed by atoms with Gasteiger partial charge in [-0.25, -0.2) is 14.5 Å². The van der Waals surface area contributed by atoms with Crippen molar-refractivity contribution < 1.29 is 0 Å². The molecule has 5 rings (SSSR count). The van der Waals surface area contributed by atoms with Crippen LogP contribution in [0, 0.1) is 12.8 Å². The average molecular weight is 352 g/mol. The monoisotopic (exact) mass is 352 g/mol. The van der Waals surface area contributed by atoms with Crippen LogP contribution in [0.1, 0.15) is 35.9 Å². The van der Waals surface area contributed by atoms with Crippen molar-refractivity contribution >= 4 is 27.2 Å². The van der Waals surface area contributed by atoms with Gasteiger partial charge in [0.05, 0.1) is 5.39 Å². The molecule has 4 aromatic rings. The molecular formula is C18H20N6S. The van der Waals surface area contributed by atoms with E-state index in [1.54, 1.807) is 10.8 Å². The fourth-order valence-electron chi connectivity index (χ4n) is 3.77. The van der Waals surface area contributed by atoms with Crippen LogP contribution in [0.3, 0.4) is 0 Å². The van der Waals surface area contributed by atoms with Crippen LogP contribution < -0.4 is 0 Å². The molecule has 0 spiro atoms. The van der Waals surface area contributed by atoms with Gasteiger partial charge in [-0.3, -0.25) is 4.68 Å². The van der Waals surface area contributed by atoms with Crippen LogP contribution in [-0.2, 0) is 19.9 Å². The smallest absolute Gasteiger partial charge is 0.202 e. The lowest BCUT2D eigenvalue weighted by molar-refractivity contribution is 0.451. The molecule has 0 bridgehead atoms. The quantitative estimate of drug-likeness (QED) is 0.553. The normalized spacial score (nSPS) is 17.5. The van der Waals surface area contributed by atoms with Gasteiger partial charge in [-0.1, -0.05) is 13.3 Å². The molecule has 0 N–H and O–H groups in total. The minimum atomic E-state index is 0.667. The molecule has 6 nitrogen and oxygen atoms in total. The molecule has 7 heteroatoms. The minimum Gasteiger partial charge on any atom is -0.272 e. The molecule has 0 radical (unpaired) electrons. The van der Waals surface area contributed by atoms with Gasteiger partial charge in [0.25, 0.3) is 0 Å². The molecule has 1 aliphatic carbocycles. The lowest BCUT2D eigenvalue weighted by atomic mass is 9.86. The zero-order valence-electron chi connectivity index (χ0n) is 14.7. The van der Waals surface area contributed by atoms with E-state index in [1.807, 2.05) is 36.1 Å². The van der Waals surface area contributed by atoms with Crippen molar-refractivity contribution in [3.8, 4) is 11.5 Å². The molecule has 0 unspecified atom stereocenters. The van der Waals surface area contributed by atoms with Gasteiger partial charge in [-0.2, -0.15) is 5.10 Å². The number of aromatic nitrogens is 6. The maximum absolute atomic E-state index is 4.83. The molecular weight excluding hydrogens is 332 g/mol. The fraction of sp³-hybridized carbons (Fsp3) is 0.444. The summed E-state index contributed by atoms with van der Waals surface area (Å²) in [5.41, 5.74) is 4.26. The molecule has 4 heterocycles. The molecule has 0 fully saturated rings. The van der Waals surface area contributed by atoms with E-state index in [2.05, 4.69) is 22.1 Å². The zero-order chi connectivity index (χ0) is 17.1. The first kappa shape index (κ1) is 15.0. The van der Waals surface area contributed by atoms with Crippen LogP contribution >= 0.6 is 11.3 Å². The van der Waals surface area contributed by atoms with Crippen LogP contribution in [0.4, 0.5) is 0 Å². The lowest BCUT2D eigenvalue weighted by Crippen LogP contribution is -2.11. The third-order valence-corrected chi connectivity index (χ3v) is 6.57. The standard InChI is InChI=1S/C18H20N6S/c1-4-11-5-6-12-14(8-11)25-18-15(12)17-20-16(22-24(17)9-19-18)13-7-10(2)23(3)21-13/h7,9,11H,4-6,8H2,1-3H3/t11-/m1/s1. The van der Waals surface area contributed by atoms with Crippen molar-refractivity contribution in [2.24, 2.45) is 13.0 Å². The number of thiophene rings is 1. The van der Waals surface area contributed by atoms with Gasteiger partial charge in [0.15, 0.2) is 5.65 Å². The molecule has 4 aromatic heterocycles. The number of hydrogen-bond acceptors (Lipinski definition) is 5. The van der Waals surface area contributed by atoms with E-state index in [0.717, 1.165) is 34.2 Å². The van der Waals surface area contributed by atoms with Gasteiger partial charge in [0.1, 0.15) is 16.9 Å². The second kappa shape index (κ2) is 5.36. The predicted molar refractivity (Wildman–Crippen MR) is 98.9 cm³/mol. The van der Waals surface area contributed by atoms with E-state index in [1.165, 1.54) is 35.1 Å². The predicted octanol–water partition coefficient (Wildman–Crippen LogP) is 3.56. The second-order valence-electron chi connectivity index (χ2n) is 6.94. The Morgan fingerprint density at radius 2 is 2.20 bits per heavy atom. The first-order valence-electron chi connectivity index (χ1n) is 8.80. The Hall–Kier alpha value is -2.28. The van der Waals surface area contributed by atoms with E-state index in [9.17, 15) is 0 Å². The SMILES string of the molecule is CC[C@@H]1CCc2c(sc3ncn4nc(-c5cc(C)n(C)n5)nc4c23)C1. The molecule has 128 valence electrons. The van der Waals surface area contributed by atoms with Crippen molar-refractivity contribution in [3.63, 3.8) is 0 Å². The first-order chi connectivity index (χ1) is 12.1. The highest BCUT2D eigenvalue weighted by molar-refractivity contribution is 7.19. The van der Waals surface area contributed by atoms with Gasteiger partial charge in [-0.15, -0.1) is 16.4 Å². The molecule has 0 saturated carbocycles. The van der Waals surface area contributed by atoms with Gasteiger partial charge in [0, 0.05) is 17.6 Å². The minimum absolute atomic E-state index is 0.667. The molecule has 0 saturated heterocycles. The van der Waals surface area contributed by atoms with E-state index in [-0.39, 0.29) is 0 Å². The lowest BCUT2D eigenvalue weighted by Gasteiger charge is -2.20. The van der Waals surface area contributed by atoms with Crippen LogP contribution in [0.15, 0.2) is 12.4 Å². The maximum atomic E-state index is 4.83. The van der Waals surface area contributed by atoms with Gasteiger partial charge >= 0.3 is 0 Å². The molecule has 1 aliphatic rings. The summed E-state index contributed by atoms with van der Waals surface area (Å²) < 4.78 is 3.66. The molecule has 0 amide bonds. The summed E-state index contributed by atoms with van der Waals surface area (Å²) in [6.45, 7) is 4.32. The molecule has 25 heavy (non-hydrogen) atoms. The molecule has 0 aliphatic heterocycles. The summed E-state index contributed by atoms with van der Waals surface area (Å²) in [4.78, 5) is 12.1. The number of rotatable bonds is 2. The summed E-state index contributed by atoms with van der Waals surface area (Å²) >= 11 is 1.83. The van der Waals surface area contributed by atoms with Crippen LogP contribution in [0.25, 0.3) is 27.4 Å². The Kier molecular flexibility index (Phi) is 3.22. The van der Waals surface area contributed by atoms with Crippen LogP contribution in [0.2, 0.25) is 0 Å². The van der Waals surface area contributed by atoms with E-state index < -0.39 is 0 Å². The van der Waals surface area contributed by atoms with Gasteiger partial charge < -0.3 is 0 Å². The number of nitrogens with zero attached hydrogens (tertiary/aromatic N) is 6. The van der Waals surface area contributed by atoms with Crippen molar-refractivity contribution in [1.29, 1.82) is 0 Å². The van der Waals surface area contributed by atoms with Crippen LogP contribution in [-0.4, -0.2) is 29.4 Å². The third kappa shape index (κ3) is 2.22. The van der Waals surface area contributed by atoms with Crippen molar-refractivity contribution in [2.75, 3.05) is 0 Å². The maximum Gasteiger partial charge on any atom is 0.202 e. The summed E-state index contributed by atoms with van der Waals surface area (Å²) in [6.07, 6.45) is 6.60. The summed E-state index contributed by atoms with van der Waals surface area (Å²) in [6, 6.07) is 2.02. The first-order valence-corrected chi connectivity index (χ1v) is 9.62. The topological polar surface area (TPSA) is 60.9 Å². The second-order valence-corrected chi connectivity index (χ2v) is 8.03. The van der Waals surface area contributed by atoms with Crippen molar-refractivity contribution in [1.82, 2.24) is 29.4 Å². The van der Waals surface area contributed by atoms with E-state index in [4.69, 9.17) is 4.98 Å². The number of hydrogen-bond donors (Lipinski definition) is 0. The summed E-state index contributed by atoms with van der Waals surface area (Å²) in [7, 11) is 1.94. The zero-order valence-corrected chi connectivity index (χ0v) is 15.5. The summed E-state index contributed by atoms with van der Waals surface area (Å²) in [5, 5.41) is 10.3. The highest BCUT2D eigenvalue weighted by Crippen LogP contribution is 2.39. The fourth-order valence-corrected chi connectivity index (χ4v) is 5.07. The van der Waals surface area contributed by atoms with Crippen molar-refractivity contribution in [3.05, 3.63) is 28.5 Å². The largest absolute Gasteiger partial charge is 0.272 e. The third-order valence-electron chi connectivity index (χ3n) is 5.41. The highest BCUT2D eigenvalue weighted by Gasteiger charge is 2.25.